The van der Waals surface area contributed by atoms with Crippen LogP contribution in [0.25, 0.3) is 5.69 Å². The number of amides is 1. The fourth-order valence-electron chi connectivity index (χ4n) is 2.79. The molecule has 27 heavy (non-hydrogen) atoms. The highest BCUT2D eigenvalue weighted by molar-refractivity contribution is 5.91. The monoisotopic (exact) mass is 363 g/mol. The number of hydrogen-bond acceptors (Lipinski definition) is 4. The van der Waals surface area contributed by atoms with Crippen LogP contribution in [0, 0.1) is 0 Å². The molecule has 3 aromatic rings. The van der Waals surface area contributed by atoms with E-state index in [9.17, 15) is 4.79 Å². The minimum Gasteiger partial charge on any atom is -0.347 e. The van der Waals surface area contributed by atoms with Crippen molar-refractivity contribution in [3.05, 3.63) is 77.6 Å². The molecule has 0 spiro atoms. The predicted octanol–water partition coefficient (Wildman–Crippen LogP) is 3.04. The number of para-hydroxylation sites is 1. The Balaban J connectivity index is 1.55. The van der Waals surface area contributed by atoms with E-state index in [2.05, 4.69) is 58.5 Å². The number of nitrogens with zero attached hydrogens (tertiary/aromatic N) is 4. The summed E-state index contributed by atoms with van der Waals surface area (Å²) < 4.78 is 0. The normalized spacial score (nSPS) is 10.9. The van der Waals surface area contributed by atoms with E-state index in [0.29, 0.717) is 12.2 Å². The second-order valence-corrected chi connectivity index (χ2v) is 6.32. The van der Waals surface area contributed by atoms with Crippen molar-refractivity contribution < 1.29 is 4.79 Å². The molecular weight excluding hydrogens is 338 g/mol. The molecule has 6 nitrogen and oxygen atoms in total. The topological polar surface area (TPSA) is 63.1 Å². The Hall–Kier alpha value is -2.99. The number of carbonyl (C=O) groups is 1. The fourth-order valence-corrected chi connectivity index (χ4v) is 2.79. The molecule has 0 atom stereocenters. The summed E-state index contributed by atoms with van der Waals surface area (Å²) in [7, 11) is 0. The van der Waals surface area contributed by atoms with E-state index in [1.807, 2.05) is 30.3 Å². The Morgan fingerprint density at radius 2 is 1.67 bits per heavy atom. The third-order valence-corrected chi connectivity index (χ3v) is 4.49. The molecule has 0 unspecified atom stereocenters. The van der Waals surface area contributed by atoms with Crippen LogP contribution < -0.4 is 5.32 Å². The van der Waals surface area contributed by atoms with Gasteiger partial charge in [-0.25, -0.2) is 0 Å². The third kappa shape index (κ3) is 5.01. The maximum atomic E-state index is 12.3. The molecule has 0 saturated carbocycles. The summed E-state index contributed by atoms with van der Waals surface area (Å²) in [6.07, 6.45) is 1.48. The van der Waals surface area contributed by atoms with Crippen molar-refractivity contribution in [3.63, 3.8) is 0 Å². The van der Waals surface area contributed by atoms with Gasteiger partial charge >= 0.3 is 0 Å². The van der Waals surface area contributed by atoms with Gasteiger partial charge in [0.15, 0.2) is 5.69 Å². The van der Waals surface area contributed by atoms with Crippen LogP contribution in [-0.4, -0.2) is 38.9 Å². The summed E-state index contributed by atoms with van der Waals surface area (Å²) in [6, 6.07) is 17.9. The minimum absolute atomic E-state index is 0.232. The van der Waals surface area contributed by atoms with Gasteiger partial charge in [-0.2, -0.15) is 9.90 Å². The summed E-state index contributed by atoms with van der Waals surface area (Å²) >= 11 is 0. The van der Waals surface area contributed by atoms with Crippen LogP contribution in [0.2, 0.25) is 0 Å². The zero-order valence-corrected chi connectivity index (χ0v) is 15.8. The second-order valence-electron chi connectivity index (χ2n) is 6.32. The van der Waals surface area contributed by atoms with Crippen LogP contribution in [0.1, 0.15) is 35.5 Å². The Morgan fingerprint density at radius 3 is 2.33 bits per heavy atom. The minimum atomic E-state index is -0.232. The van der Waals surface area contributed by atoms with Crippen molar-refractivity contribution in [2.24, 2.45) is 0 Å². The average molecular weight is 363 g/mol. The van der Waals surface area contributed by atoms with E-state index in [0.717, 1.165) is 30.9 Å². The van der Waals surface area contributed by atoms with Gasteiger partial charge in [-0.05, 0) is 36.3 Å². The van der Waals surface area contributed by atoms with Gasteiger partial charge in [0, 0.05) is 13.1 Å². The summed E-state index contributed by atoms with van der Waals surface area (Å²) in [4.78, 5) is 16.1. The molecule has 1 aromatic heterocycles. The zero-order valence-electron chi connectivity index (χ0n) is 15.8. The number of hydrogen-bond donors (Lipinski definition) is 1. The molecule has 1 amide bonds. The van der Waals surface area contributed by atoms with Crippen molar-refractivity contribution in [2.45, 2.75) is 26.9 Å². The molecule has 0 bridgehead atoms. The van der Waals surface area contributed by atoms with Crippen molar-refractivity contribution >= 4 is 5.91 Å². The van der Waals surface area contributed by atoms with Gasteiger partial charge in [-0.1, -0.05) is 56.3 Å². The lowest BCUT2D eigenvalue weighted by Crippen LogP contribution is -2.23. The number of aromatic nitrogens is 3. The lowest BCUT2D eigenvalue weighted by Gasteiger charge is -2.18. The maximum Gasteiger partial charge on any atom is 0.273 e. The van der Waals surface area contributed by atoms with Crippen LogP contribution in [0.15, 0.2) is 60.8 Å². The van der Waals surface area contributed by atoms with Crippen LogP contribution in [0.4, 0.5) is 0 Å². The molecule has 0 radical (unpaired) electrons. The van der Waals surface area contributed by atoms with Crippen molar-refractivity contribution in [1.82, 2.24) is 25.2 Å². The molecule has 1 heterocycles. The van der Waals surface area contributed by atoms with Gasteiger partial charge in [0.05, 0.1) is 11.9 Å². The zero-order chi connectivity index (χ0) is 19.1. The molecule has 2 aromatic carbocycles. The highest BCUT2D eigenvalue weighted by Gasteiger charge is 2.11. The van der Waals surface area contributed by atoms with Crippen LogP contribution >= 0.6 is 0 Å². The lowest BCUT2D eigenvalue weighted by molar-refractivity contribution is 0.0945. The second kappa shape index (κ2) is 9.09. The average Bonchev–Trinajstić information content (AvgIpc) is 3.22. The Labute approximate surface area is 159 Å². The first-order chi connectivity index (χ1) is 13.2. The molecule has 3 rings (SSSR count). The van der Waals surface area contributed by atoms with Gasteiger partial charge in [-0.15, -0.1) is 5.10 Å². The number of benzene rings is 2. The van der Waals surface area contributed by atoms with Crippen molar-refractivity contribution in [2.75, 3.05) is 13.1 Å². The molecule has 140 valence electrons. The SMILES string of the molecule is CCN(CC)Cc1ccc(CNC(=O)c2cnn(-c3ccccc3)n2)cc1. The first-order valence-corrected chi connectivity index (χ1v) is 9.25. The molecule has 1 N–H and O–H groups in total. The molecule has 0 aliphatic heterocycles. The first-order valence-electron chi connectivity index (χ1n) is 9.25. The predicted molar refractivity (Wildman–Crippen MR) is 106 cm³/mol. The van der Waals surface area contributed by atoms with Crippen LogP contribution in [-0.2, 0) is 13.1 Å². The fraction of sp³-hybridized carbons (Fsp3) is 0.286. The van der Waals surface area contributed by atoms with E-state index < -0.39 is 0 Å². The van der Waals surface area contributed by atoms with Crippen molar-refractivity contribution in [1.29, 1.82) is 0 Å². The summed E-state index contributed by atoms with van der Waals surface area (Å²) in [5.41, 5.74) is 3.46. The van der Waals surface area contributed by atoms with E-state index in [1.165, 1.54) is 16.6 Å². The number of rotatable bonds is 8. The van der Waals surface area contributed by atoms with Gasteiger partial charge in [0.25, 0.3) is 5.91 Å². The highest BCUT2D eigenvalue weighted by atomic mass is 16.2. The molecule has 0 fully saturated rings. The molecule has 0 aliphatic carbocycles. The van der Waals surface area contributed by atoms with Crippen molar-refractivity contribution in [3.8, 4) is 5.69 Å². The van der Waals surface area contributed by atoms with E-state index in [4.69, 9.17) is 0 Å². The van der Waals surface area contributed by atoms with Gasteiger partial charge in [-0.3, -0.25) is 9.69 Å². The van der Waals surface area contributed by atoms with Gasteiger partial charge in [0.1, 0.15) is 0 Å². The van der Waals surface area contributed by atoms with Gasteiger partial charge in [0.2, 0.25) is 0 Å². The standard InChI is InChI=1S/C21H25N5O/c1-3-25(4-2)16-18-12-10-17(11-13-18)14-22-21(27)20-15-23-26(24-20)19-8-6-5-7-9-19/h5-13,15H,3-4,14,16H2,1-2H3,(H,22,27). The summed E-state index contributed by atoms with van der Waals surface area (Å²) in [6.45, 7) is 7.82. The Bertz CT molecular complexity index is 854. The van der Waals surface area contributed by atoms with E-state index >= 15 is 0 Å². The Morgan fingerprint density at radius 1 is 1.00 bits per heavy atom. The van der Waals surface area contributed by atoms with Crippen LogP contribution in [0.5, 0.6) is 0 Å². The molecule has 6 heteroatoms. The highest BCUT2D eigenvalue weighted by Crippen LogP contribution is 2.08. The largest absolute Gasteiger partial charge is 0.347 e. The third-order valence-electron chi connectivity index (χ3n) is 4.49. The summed E-state index contributed by atoms with van der Waals surface area (Å²) in [5, 5.41) is 11.3. The van der Waals surface area contributed by atoms with E-state index in [1.54, 1.807) is 0 Å². The number of nitrogens with one attached hydrogen (secondary N) is 1. The Kier molecular flexibility index (Phi) is 6.33. The lowest BCUT2D eigenvalue weighted by atomic mass is 10.1. The molecule has 0 saturated heterocycles. The first kappa shape index (κ1) is 18.8. The molecule has 0 aliphatic rings. The maximum absolute atomic E-state index is 12.3. The van der Waals surface area contributed by atoms with E-state index in [-0.39, 0.29) is 5.91 Å². The smallest absolute Gasteiger partial charge is 0.273 e. The number of carbonyl (C=O) groups excluding carboxylic acids is 1. The quantitative estimate of drug-likeness (QED) is 0.668. The van der Waals surface area contributed by atoms with Crippen LogP contribution in [0.3, 0.4) is 0 Å². The summed E-state index contributed by atoms with van der Waals surface area (Å²) in [5.74, 6) is -0.232. The molecular formula is C21H25N5O. The van der Waals surface area contributed by atoms with Gasteiger partial charge < -0.3 is 5.32 Å².